The van der Waals surface area contributed by atoms with Crippen molar-refractivity contribution in [2.24, 2.45) is 0 Å². The van der Waals surface area contributed by atoms with E-state index in [1.807, 2.05) is 42.6 Å². The predicted octanol–water partition coefficient (Wildman–Crippen LogP) is 5.65. The van der Waals surface area contributed by atoms with Crippen LogP contribution in [0.25, 0.3) is 21.8 Å². The molecule has 0 aliphatic rings. The Kier molecular flexibility index (Phi) is 7.37. The summed E-state index contributed by atoms with van der Waals surface area (Å²) >= 11 is 2.91. The van der Waals surface area contributed by atoms with E-state index in [0.29, 0.717) is 21.4 Å². The van der Waals surface area contributed by atoms with Crippen LogP contribution in [0.4, 0.5) is 0 Å². The molecule has 28 heavy (non-hydrogen) atoms. The quantitative estimate of drug-likeness (QED) is 0.435. The van der Waals surface area contributed by atoms with Gasteiger partial charge in [0.05, 0.1) is 10.6 Å². The molecule has 0 aliphatic heterocycles. The monoisotopic (exact) mass is 427 g/mol. The molecular formula is C21H21N3OS3. The maximum absolute atomic E-state index is 12.3. The number of unbranched alkanes of at least 4 members (excludes halogenated alkanes) is 1. The Labute approximate surface area is 176 Å². The van der Waals surface area contributed by atoms with Crippen LogP contribution in [0.2, 0.25) is 0 Å². The number of pyridine rings is 1. The molecule has 1 unspecified atom stereocenters. The summed E-state index contributed by atoms with van der Waals surface area (Å²) in [5.74, 6) is 0.683. The Morgan fingerprint density at radius 3 is 2.71 bits per heavy atom. The van der Waals surface area contributed by atoms with Crippen molar-refractivity contribution in [2.75, 3.05) is 10.8 Å². The van der Waals surface area contributed by atoms with Crippen LogP contribution >= 0.6 is 23.1 Å². The molecule has 0 saturated heterocycles. The smallest absolute Gasteiger partial charge is 0.141 e. The number of nitriles is 1. The summed E-state index contributed by atoms with van der Waals surface area (Å²) in [5, 5.41) is 13.6. The Hall–Kier alpha value is -2.01. The van der Waals surface area contributed by atoms with Gasteiger partial charge in [0.25, 0.3) is 0 Å². The molecule has 3 aromatic rings. The van der Waals surface area contributed by atoms with Gasteiger partial charge in [-0.1, -0.05) is 54.9 Å². The minimum atomic E-state index is -0.928. The van der Waals surface area contributed by atoms with E-state index in [2.05, 4.69) is 18.0 Å². The second-order valence-electron chi connectivity index (χ2n) is 6.31. The Morgan fingerprint density at radius 2 is 2.07 bits per heavy atom. The maximum Gasteiger partial charge on any atom is 0.141 e. The van der Waals surface area contributed by atoms with Crippen molar-refractivity contribution in [3.05, 3.63) is 53.0 Å². The first-order valence-electron chi connectivity index (χ1n) is 9.02. The normalized spacial score (nSPS) is 11.9. The molecule has 2 heterocycles. The molecule has 7 heteroatoms. The highest BCUT2D eigenvalue weighted by Gasteiger charge is 2.17. The fraction of sp³-hybridized carbons (Fsp3) is 0.286. The van der Waals surface area contributed by atoms with Crippen molar-refractivity contribution in [1.82, 2.24) is 9.97 Å². The van der Waals surface area contributed by atoms with Gasteiger partial charge in [0.2, 0.25) is 0 Å². The van der Waals surface area contributed by atoms with Crippen molar-refractivity contribution >= 4 is 33.9 Å². The van der Waals surface area contributed by atoms with Crippen LogP contribution in [0.15, 0.2) is 46.9 Å². The zero-order chi connectivity index (χ0) is 19.9. The van der Waals surface area contributed by atoms with Crippen molar-refractivity contribution < 1.29 is 4.21 Å². The van der Waals surface area contributed by atoms with E-state index in [4.69, 9.17) is 4.98 Å². The van der Waals surface area contributed by atoms with Crippen LogP contribution in [-0.4, -0.2) is 25.0 Å². The summed E-state index contributed by atoms with van der Waals surface area (Å²) in [6.07, 6.45) is 3.72. The number of hydrogen-bond acceptors (Lipinski definition) is 6. The zero-order valence-electron chi connectivity index (χ0n) is 15.8. The number of hydrogen-bond donors (Lipinski definition) is 0. The first-order valence-corrected chi connectivity index (χ1v) is 12.4. The van der Waals surface area contributed by atoms with Gasteiger partial charge in [-0.2, -0.15) is 5.26 Å². The van der Waals surface area contributed by atoms with E-state index < -0.39 is 10.8 Å². The Balaban J connectivity index is 2.03. The van der Waals surface area contributed by atoms with Gasteiger partial charge in [0.15, 0.2) is 0 Å². The molecule has 0 fully saturated rings. The van der Waals surface area contributed by atoms with Crippen molar-refractivity contribution in [1.29, 1.82) is 5.26 Å². The third-order valence-corrected chi connectivity index (χ3v) is 7.80. The average Bonchev–Trinajstić information content (AvgIpc) is 3.25. The number of aryl methyl sites for hydroxylation is 1. The second kappa shape index (κ2) is 9.97. The summed E-state index contributed by atoms with van der Waals surface area (Å²) in [6, 6.07) is 12.4. The van der Waals surface area contributed by atoms with Gasteiger partial charge in [0, 0.05) is 33.7 Å². The highest BCUT2D eigenvalue weighted by atomic mass is 32.2. The van der Waals surface area contributed by atoms with E-state index in [1.165, 1.54) is 23.1 Å². The number of nitrogens with zero attached hydrogens (tertiary/aromatic N) is 3. The number of rotatable bonds is 8. The van der Waals surface area contributed by atoms with E-state index in [0.717, 1.165) is 40.2 Å². The minimum Gasteiger partial charge on any atom is -0.259 e. The fourth-order valence-corrected chi connectivity index (χ4v) is 5.76. The lowest BCUT2D eigenvalue weighted by molar-refractivity contribution is 0.682. The molecule has 4 nitrogen and oxygen atoms in total. The second-order valence-corrected chi connectivity index (χ2v) is 10.1. The van der Waals surface area contributed by atoms with Gasteiger partial charge in [-0.25, -0.2) is 9.97 Å². The van der Waals surface area contributed by atoms with E-state index >= 15 is 0 Å². The average molecular weight is 428 g/mol. The molecule has 2 aromatic heterocycles. The fourth-order valence-electron chi connectivity index (χ4n) is 2.64. The lowest BCUT2D eigenvalue weighted by atomic mass is 10.00. The summed E-state index contributed by atoms with van der Waals surface area (Å²) in [4.78, 5) is 9.07. The lowest BCUT2D eigenvalue weighted by Gasteiger charge is -2.11. The molecule has 0 radical (unpaired) electrons. The number of aromatic nitrogens is 2. The molecule has 0 saturated carbocycles. The predicted molar refractivity (Wildman–Crippen MR) is 119 cm³/mol. The zero-order valence-corrected chi connectivity index (χ0v) is 18.3. The molecule has 144 valence electrons. The van der Waals surface area contributed by atoms with E-state index in [-0.39, 0.29) is 0 Å². The number of benzene rings is 1. The van der Waals surface area contributed by atoms with E-state index in [9.17, 15) is 9.47 Å². The maximum atomic E-state index is 12.3. The van der Waals surface area contributed by atoms with Crippen LogP contribution < -0.4 is 0 Å². The van der Waals surface area contributed by atoms with Gasteiger partial charge in [-0.15, -0.1) is 11.3 Å². The molecule has 0 N–H and O–H groups in total. The van der Waals surface area contributed by atoms with Crippen molar-refractivity contribution in [2.45, 2.75) is 31.7 Å². The van der Waals surface area contributed by atoms with Crippen LogP contribution in [0.1, 0.15) is 30.9 Å². The molecule has 0 bridgehead atoms. The Morgan fingerprint density at radius 1 is 1.29 bits per heavy atom. The highest BCUT2D eigenvalue weighted by Crippen LogP contribution is 2.35. The molecule has 1 aromatic carbocycles. The van der Waals surface area contributed by atoms with Gasteiger partial charge in [0.1, 0.15) is 21.8 Å². The van der Waals surface area contributed by atoms with Gasteiger partial charge >= 0.3 is 0 Å². The lowest BCUT2D eigenvalue weighted by Crippen LogP contribution is -2.02. The summed E-state index contributed by atoms with van der Waals surface area (Å²) in [6.45, 7) is 4.13. The molecule has 0 spiro atoms. The summed E-state index contributed by atoms with van der Waals surface area (Å²) in [5.41, 5.74) is 4.24. The largest absolute Gasteiger partial charge is 0.259 e. The summed E-state index contributed by atoms with van der Waals surface area (Å²) in [7, 11) is -0.928. The van der Waals surface area contributed by atoms with Crippen LogP contribution in [-0.2, 0) is 10.8 Å². The van der Waals surface area contributed by atoms with Crippen molar-refractivity contribution in [3.8, 4) is 27.9 Å². The van der Waals surface area contributed by atoms with Gasteiger partial charge in [-0.05, 0) is 25.0 Å². The SMILES string of the molecule is CCCCS(=O)CSc1nc(-c2nccs2)cc(-c2ccc(C)cc2)c1C#N. The first-order chi connectivity index (χ1) is 13.6. The first kappa shape index (κ1) is 20.7. The molecular weight excluding hydrogens is 406 g/mol. The van der Waals surface area contributed by atoms with Crippen molar-refractivity contribution in [3.63, 3.8) is 0 Å². The number of thiazole rings is 1. The Bertz CT molecular complexity index is 993. The van der Waals surface area contributed by atoms with E-state index in [1.54, 1.807) is 6.20 Å². The number of thioether (sulfide) groups is 1. The van der Waals surface area contributed by atoms with Crippen LogP contribution in [0.5, 0.6) is 0 Å². The molecule has 0 aliphatic carbocycles. The molecule has 0 amide bonds. The highest BCUT2D eigenvalue weighted by molar-refractivity contribution is 8.10. The topological polar surface area (TPSA) is 66.6 Å². The minimum absolute atomic E-state index is 0.441. The standard InChI is InChI=1S/C21H21N3OS3/c1-3-4-11-28(25)14-27-20-18(13-22)17(16-7-5-15(2)6-8-16)12-19(24-20)21-23-9-10-26-21/h5-10,12H,3-4,11,14H2,1-2H3. The van der Waals surface area contributed by atoms with Gasteiger partial charge < -0.3 is 0 Å². The summed E-state index contributed by atoms with van der Waals surface area (Å²) < 4.78 is 12.3. The third kappa shape index (κ3) is 5.07. The van der Waals surface area contributed by atoms with Gasteiger partial charge in [-0.3, -0.25) is 4.21 Å². The van der Waals surface area contributed by atoms with Crippen LogP contribution in [0.3, 0.4) is 0 Å². The molecule has 1 atom stereocenters. The molecule has 3 rings (SSSR count). The third-order valence-electron chi connectivity index (χ3n) is 4.16. The van der Waals surface area contributed by atoms with Crippen LogP contribution in [0, 0.1) is 18.3 Å².